The Labute approximate surface area is 114 Å². The van der Waals surface area contributed by atoms with Crippen molar-refractivity contribution in [3.63, 3.8) is 0 Å². The summed E-state index contributed by atoms with van der Waals surface area (Å²) >= 11 is 0. The molecule has 3 aromatic rings. The SMILES string of the molecule is CCn1ncnc1Cn1nc(C(=O)O)c2ccccc21. The molecule has 0 bridgehead atoms. The van der Waals surface area contributed by atoms with Crippen LogP contribution in [0.4, 0.5) is 0 Å². The maximum absolute atomic E-state index is 11.2. The fraction of sp³-hybridized carbons (Fsp3) is 0.231. The number of para-hydroxylation sites is 1. The number of aromatic nitrogens is 5. The summed E-state index contributed by atoms with van der Waals surface area (Å²) < 4.78 is 3.41. The zero-order chi connectivity index (χ0) is 14.1. The molecule has 2 heterocycles. The van der Waals surface area contributed by atoms with Crippen molar-refractivity contribution in [3.05, 3.63) is 42.1 Å². The Bertz CT molecular complexity index is 774. The number of fused-ring (bicyclic) bond motifs is 1. The van der Waals surface area contributed by atoms with Gasteiger partial charge in [-0.3, -0.25) is 4.68 Å². The maximum Gasteiger partial charge on any atom is 0.357 e. The quantitative estimate of drug-likeness (QED) is 0.775. The smallest absolute Gasteiger partial charge is 0.357 e. The minimum Gasteiger partial charge on any atom is -0.476 e. The summed E-state index contributed by atoms with van der Waals surface area (Å²) in [7, 11) is 0. The molecule has 0 atom stereocenters. The number of hydrogen-bond acceptors (Lipinski definition) is 4. The van der Waals surface area contributed by atoms with Gasteiger partial charge in [-0.1, -0.05) is 18.2 Å². The predicted octanol–water partition coefficient (Wildman–Crippen LogP) is 1.39. The Morgan fingerprint density at radius 2 is 2.10 bits per heavy atom. The van der Waals surface area contributed by atoms with Crippen LogP contribution in [0.1, 0.15) is 23.2 Å². The Kier molecular flexibility index (Phi) is 2.94. The Morgan fingerprint density at radius 3 is 2.85 bits per heavy atom. The molecule has 3 rings (SSSR count). The lowest BCUT2D eigenvalue weighted by atomic mass is 10.2. The third kappa shape index (κ3) is 1.93. The number of hydrogen-bond donors (Lipinski definition) is 1. The highest BCUT2D eigenvalue weighted by Gasteiger charge is 2.16. The van der Waals surface area contributed by atoms with E-state index in [-0.39, 0.29) is 5.69 Å². The van der Waals surface area contributed by atoms with Crippen LogP contribution in [0.15, 0.2) is 30.6 Å². The summed E-state index contributed by atoms with van der Waals surface area (Å²) in [4.78, 5) is 15.4. The first kappa shape index (κ1) is 12.3. The normalized spacial score (nSPS) is 11.1. The average Bonchev–Trinajstić information content (AvgIpc) is 3.04. The van der Waals surface area contributed by atoms with Crippen molar-refractivity contribution in [2.75, 3.05) is 0 Å². The van der Waals surface area contributed by atoms with Crippen LogP contribution in [-0.2, 0) is 13.1 Å². The van der Waals surface area contributed by atoms with Crippen molar-refractivity contribution in [1.82, 2.24) is 24.5 Å². The maximum atomic E-state index is 11.2. The first-order valence-corrected chi connectivity index (χ1v) is 6.26. The van der Waals surface area contributed by atoms with Gasteiger partial charge in [-0.2, -0.15) is 10.2 Å². The highest BCUT2D eigenvalue weighted by Crippen LogP contribution is 2.19. The van der Waals surface area contributed by atoms with E-state index >= 15 is 0 Å². The van der Waals surface area contributed by atoms with E-state index in [1.807, 2.05) is 19.1 Å². The predicted molar refractivity (Wildman–Crippen MR) is 71.5 cm³/mol. The summed E-state index contributed by atoms with van der Waals surface area (Å²) in [5.41, 5.74) is 0.832. The van der Waals surface area contributed by atoms with E-state index in [2.05, 4.69) is 15.2 Å². The molecular weight excluding hydrogens is 258 g/mol. The number of carbonyl (C=O) groups is 1. The minimum atomic E-state index is -1.03. The van der Waals surface area contributed by atoms with Crippen LogP contribution in [0.5, 0.6) is 0 Å². The zero-order valence-electron chi connectivity index (χ0n) is 10.9. The molecule has 1 aromatic carbocycles. The van der Waals surface area contributed by atoms with Crippen molar-refractivity contribution in [3.8, 4) is 0 Å². The summed E-state index contributed by atoms with van der Waals surface area (Å²) in [5.74, 6) is -0.283. The van der Waals surface area contributed by atoms with Gasteiger partial charge in [0.15, 0.2) is 5.69 Å². The molecule has 0 radical (unpaired) electrons. The number of carboxylic acids is 1. The van der Waals surface area contributed by atoms with E-state index in [4.69, 9.17) is 0 Å². The molecule has 0 aliphatic carbocycles. The van der Waals surface area contributed by atoms with Crippen LogP contribution in [-0.4, -0.2) is 35.6 Å². The molecule has 0 aliphatic rings. The van der Waals surface area contributed by atoms with Gasteiger partial charge in [-0.25, -0.2) is 14.5 Å². The van der Waals surface area contributed by atoms with Crippen LogP contribution in [0.3, 0.4) is 0 Å². The van der Waals surface area contributed by atoms with Gasteiger partial charge < -0.3 is 5.11 Å². The molecule has 0 amide bonds. The summed E-state index contributed by atoms with van der Waals surface area (Å²) in [6.07, 6.45) is 1.49. The van der Waals surface area contributed by atoms with Crippen LogP contribution < -0.4 is 0 Å². The largest absolute Gasteiger partial charge is 0.476 e. The number of aryl methyl sites for hydroxylation is 1. The fourth-order valence-electron chi connectivity index (χ4n) is 2.21. The van der Waals surface area contributed by atoms with Gasteiger partial charge in [0.2, 0.25) is 0 Å². The standard InChI is InChI=1S/C13H13N5O2/c1-2-17-11(14-8-15-17)7-18-10-6-4-3-5-9(10)12(16-18)13(19)20/h3-6,8H,2,7H2,1H3,(H,19,20). The molecule has 20 heavy (non-hydrogen) atoms. The Balaban J connectivity index is 2.10. The van der Waals surface area contributed by atoms with Gasteiger partial charge in [-0.05, 0) is 13.0 Å². The molecule has 0 fully saturated rings. The van der Waals surface area contributed by atoms with Gasteiger partial charge >= 0.3 is 5.97 Å². The highest BCUT2D eigenvalue weighted by molar-refractivity contribution is 6.01. The topological polar surface area (TPSA) is 85.8 Å². The average molecular weight is 271 g/mol. The number of aromatic carboxylic acids is 1. The third-order valence-electron chi connectivity index (χ3n) is 3.15. The van der Waals surface area contributed by atoms with Crippen LogP contribution in [0.25, 0.3) is 10.9 Å². The van der Waals surface area contributed by atoms with Crippen LogP contribution >= 0.6 is 0 Å². The molecule has 0 spiro atoms. The molecular formula is C13H13N5O2. The lowest BCUT2D eigenvalue weighted by molar-refractivity contribution is 0.0691. The van der Waals surface area contributed by atoms with Gasteiger partial charge in [0.25, 0.3) is 0 Å². The monoisotopic (exact) mass is 271 g/mol. The van der Waals surface area contributed by atoms with Crippen LogP contribution in [0.2, 0.25) is 0 Å². The first-order chi connectivity index (χ1) is 9.70. The van der Waals surface area contributed by atoms with Gasteiger partial charge in [-0.15, -0.1) is 0 Å². The van der Waals surface area contributed by atoms with Crippen molar-refractivity contribution in [2.24, 2.45) is 0 Å². The van der Waals surface area contributed by atoms with Crippen LogP contribution in [0, 0.1) is 0 Å². The summed E-state index contributed by atoms with van der Waals surface area (Å²) in [5, 5.41) is 18.1. The second kappa shape index (κ2) is 4.76. The molecule has 0 saturated heterocycles. The summed E-state index contributed by atoms with van der Waals surface area (Å²) in [6, 6.07) is 7.26. The number of rotatable bonds is 4. The third-order valence-corrected chi connectivity index (χ3v) is 3.15. The second-order valence-corrected chi connectivity index (χ2v) is 4.32. The lowest BCUT2D eigenvalue weighted by Gasteiger charge is -2.04. The highest BCUT2D eigenvalue weighted by atomic mass is 16.4. The Hall–Kier alpha value is -2.70. The fourth-order valence-corrected chi connectivity index (χ4v) is 2.21. The van der Waals surface area contributed by atoms with Crippen molar-refractivity contribution in [2.45, 2.75) is 20.0 Å². The first-order valence-electron chi connectivity index (χ1n) is 6.26. The van der Waals surface area contributed by atoms with Gasteiger partial charge in [0.05, 0.1) is 5.52 Å². The van der Waals surface area contributed by atoms with E-state index in [0.717, 1.165) is 11.3 Å². The van der Waals surface area contributed by atoms with E-state index in [1.54, 1.807) is 21.5 Å². The lowest BCUT2D eigenvalue weighted by Crippen LogP contribution is -2.10. The second-order valence-electron chi connectivity index (χ2n) is 4.32. The number of nitrogens with zero attached hydrogens (tertiary/aromatic N) is 5. The number of benzene rings is 1. The van der Waals surface area contributed by atoms with Gasteiger partial charge in [0.1, 0.15) is 18.7 Å². The van der Waals surface area contributed by atoms with E-state index in [0.29, 0.717) is 18.5 Å². The minimum absolute atomic E-state index is 0.0585. The molecule has 7 nitrogen and oxygen atoms in total. The molecule has 2 aromatic heterocycles. The number of carboxylic acid groups (broad SMARTS) is 1. The molecule has 102 valence electrons. The molecule has 0 unspecified atom stereocenters. The molecule has 0 saturated carbocycles. The van der Waals surface area contributed by atoms with E-state index in [9.17, 15) is 9.90 Å². The Morgan fingerprint density at radius 1 is 1.30 bits per heavy atom. The van der Waals surface area contributed by atoms with Crippen molar-refractivity contribution in [1.29, 1.82) is 0 Å². The van der Waals surface area contributed by atoms with Gasteiger partial charge in [0, 0.05) is 11.9 Å². The molecule has 7 heteroatoms. The zero-order valence-corrected chi connectivity index (χ0v) is 10.9. The molecule has 1 N–H and O–H groups in total. The van der Waals surface area contributed by atoms with Crippen molar-refractivity contribution >= 4 is 16.9 Å². The van der Waals surface area contributed by atoms with E-state index < -0.39 is 5.97 Å². The van der Waals surface area contributed by atoms with Crippen molar-refractivity contribution < 1.29 is 9.90 Å². The summed E-state index contributed by atoms with van der Waals surface area (Å²) in [6.45, 7) is 3.07. The molecule has 0 aliphatic heterocycles. The van der Waals surface area contributed by atoms with E-state index in [1.165, 1.54) is 6.33 Å².